The van der Waals surface area contributed by atoms with Gasteiger partial charge in [0.2, 0.25) is 0 Å². The minimum absolute atomic E-state index is 0.177. The van der Waals surface area contributed by atoms with E-state index in [1.54, 1.807) is 25.3 Å². The summed E-state index contributed by atoms with van der Waals surface area (Å²) in [7, 11) is -1.50. The van der Waals surface area contributed by atoms with Gasteiger partial charge >= 0.3 is 0 Å². The summed E-state index contributed by atoms with van der Waals surface area (Å²) >= 11 is 0. The zero-order valence-electron chi connectivity index (χ0n) is 11.0. The zero-order valence-corrected chi connectivity index (χ0v) is 11.8. The maximum atomic E-state index is 12.0. The fourth-order valence-corrected chi connectivity index (χ4v) is 3.02. The molecule has 4 nitrogen and oxygen atoms in total. The highest BCUT2D eigenvalue weighted by Crippen LogP contribution is 2.13. The van der Waals surface area contributed by atoms with Crippen molar-refractivity contribution in [3.05, 3.63) is 29.8 Å². The summed E-state index contributed by atoms with van der Waals surface area (Å²) in [6.45, 7) is 3.98. The first-order chi connectivity index (χ1) is 8.56. The van der Waals surface area contributed by atoms with Gasteiger partial charge in [0.1, 0.15) is 0 Å². The van der Waals surface area contributed by atoms with E-state index in [2.05, 4.69) is 5.32 Å². The number of hydrogen-bond acceptors (Lipinski definition) is 4. The van der Waals surface area contributed by atoms with E-state index >= 15 is 0 Å². The van der Waals surface area contributed by atoms with Gasteiger partial charge in [0.05, 0.1) is 17.3 Å². The fourth-order valence-electron chi connectivity index (χ4n) is 1.61. The Kier molecular flexibility index (Phi) is 6.32. The minimum Gasteiger partial charge on any atom is -0.383 e. The number of hydrogen-bond donors (Lipinski definition) is 1. The molecule has 0 bridgehead atoms. The van der Waals surface area contributed by atoms with Crippen LogP contribution in [-0.2, 0) is 14.6 Å². The molecule has 0 atom stereocenters. The van der Waals surface area contributed by atoms with Gasteiger partial charge < -0.3 is 10.1 Å². The number of benzene rings is 1. The number of aryl methyl sites for hydroxylation is 1. The first-order valence-electron chi connectivity index (χ1n) is 6.05. The summed E-state index contributed by atoms with van der Waals surface area (Å²) in [5, 5.41) is 3.13. The van der Waals surface area contributed by atoms with E-state index in [4.69, 9.17) is 4.74 Å². The number of sulfone groups is 1. The van der Waals surface area contributed by atoms with Gasteiger partial charge in [-0.25, -0.2) is 8.42 Å². The minimum atomic E-state index is -3.15. The van der Waals surface area contributed by atoms with Gasteiger partial charge in [-0.3, -0.25) is 0 Å². The molecule has 5 heteroatoms. The van der Waals surface area contributed by atoms with Gasteiger partial charge in [-0.1, -0.05) is 12.1 Å². The van der Waals surface area contributed by atoms with Crippen LogP contribution < -0.4 is 5.32 Å². The molecule has 0 aromatic heterocycles. The molecule has 0 saturated heterocycles. The van der Waals surface area contributed by atoms with Gasteiger partial charge in [0, 0.05) is 13.7 Å². The van der Waals surface area contributed by atoms with E-state index in [1.807, 2.05) is 13.0 Å². The van der Waals surface area contributed by atoms with Crippen molar-refractivity contribution in [2.24, 2.45) is 0 Å². The van der Waals surface area contributed by atoms with Crippen LogP contribution in [0.4, 0.5) is 0 Å². The van der Waals surface area contributed by atoms with Crippen molar-refractivity contribution in [1.29, 1.82) is 0 Å². The van der Waals surface area contributed by atoms with Gasteiger partial charge in [-0.2, -0.15) is 0 Å². The SMILES string of the molecule is COCCNCCCS(=O)(=O)c1cccc(C)c1. The van der Waals surface area contributed by atoms with Crippen molar-refractivity contribution in [3.63, 3.8) is 0 Å². The van der Waals surface area contributed by atoms with E-state index in [0.717, 1.165) is 12.1 Å². The molecule has 1 aromatic rings. The lowest BCUT2D eigenvalue weighted by molar-refractivity contribution is 0.199. The van der Waals surface area contributed by atoms with Crippen molar-refractivity contribution >= 4 is 9.84 Å². The van der Waals surface area contributed by atoms with E-state index in [9.17, 15) is 8.42 Å². The second-order valence-corrected chi connectivity index (χ2v) is 6.34. The largest absolute Gasteiger partial charge is 0.383 e. The summed E-state index contributed by atoms with van der Waals surface area (Å²) in [6.07, 6.45) is 0.611. The smallest absolute Gasteiger partial charge is 0.178 e. The van der Waals surface area contributed by atoms with Crippen LogP contribution in [0.25, 0.3) is 0 Å². The van der Waals surface area contributed by atoms with Crippen LogP contribution in [0.1, 0.15) is 12.0 Å². The Labute approximate surface area is 109 Å². The second kappa shape index (κ2) is 7.51. The van der Waals surface area contributed by atoms with Crippen LogP contribution in [0.5, 0.6) is 0 Å². The van der Waals surface area contributed by atoms with Crippen LogP contribution in [0.3, 0.4) is 0 Å². The third-order valence-corrected chi connectivity index (χ3v) is 4.40. The van der Waals surface area contributed by atoms with Crippen LogP contribution in [-0.4, -0.2) is 41.0 Å². The molecule has 1 N–H and O–H groups in total. The van der Waals surface area contributed by atoms with Crippen LogP contribution in [0.2, 0.25) is 0 Å². The summed E-state index contributed by atoms with van der Waals surface area (Å²) in [4.78, 5) is 0.416. The number of rotatable bonds is 8. The highest BCUT2D eigenvalue weighted by atomic mass is 32.2. The van der Waals surface area contributed by atoms with E-state index in [0.29, 0.717) is 24.5 Å². The van der Waals surface area contributed by atoms with Crippen molar-refractivity contribution in [1.82, 2.24) is 5.32 Å². The standard InChI is InChI=1S/C13H21NO3S/c1-12-5-3-6-13(11-12)18(15,16)10-4-7-14-8-9-17-2/h3,5-6,11,14H,4,7-10H2,1-2H3. The van der Waals surface area contributed by atoms with E-state index < -0.39 is 9.84 Å². The molecule has 18 heavy (non-hydrogen) atoms. The molecule has 1 rings (SSSR count). The Balaban J connectivity index is 2.41. The Bertz CT molecular complexity index is 457. The van der Waals surface area contributed by atoms with Gasteiger partial charge in [0.15, 0.2) is 9.84 Å². The predicted octanol–water partition coefficient (Wildman–Crippen LogP) is 1.39. The Morgan fingerprint density at radius 3 is 2.72 bits per heavy atom. The average Bonchev–Trinajstić information content (AvgIpc) is 2.33. The van der Waals surface area contributed by atoms with Crippen LogP contribution >= 0.6 is 0 Å². The van der Waals surface area contributed by atoms with E-state index in [1.165, 1.54) is 0 Å². The molecule has 0 aliphatic carbocycles. The molecular formula is C13H21NO3S. The highest BCUT2D eigenvalue weighted by molar-refractivity contribution is 7.91. The van der Waals surface area contributed by atoms with Gasteiger partial charge in [0.25, 0.3) is 0 Å². The molecular weight excluding hydrogens is 250 g/mol. The number of nitrogens with one attached hydrogen (secondary N) is 1. The molecule has 0 amide bonds. The molecule has 0 aliphatic heterocycles. The average molecular weight is 271 g/mol. The monoisotopic (exact) mass is 271 g/mol. The molecule has 0 heterocycles. The van der Waals surface area contributed by atoms with Crippen LogP contribution in [0.15, 0.2) is 29.2 Å². The van der Waals surface area contributed by atoms with Gasteiger partial charge in [-0.05, 0) is 37.6 Å². The highest BCUT2D eigenvalue weighted by Gasteiger charge is 2.13. The van der Waals surface area contributed by atoms with Gasteiger partial charge in [-0.15, -0.1) is 0 Å². The molecule has 102 valence electrons. The van der Waals surface area contributed by atoms with Crippen LogP contribution in [0, 0.1) is 6.92 Å². The maximum absolute atomic E-state index is 12.0. The van der Waals surface area contributed by atoms with Crippen molar-refractivity contribution in [2.45, 2.75) is 18.2 Å². The van der Waals surface area contributed by atoms with Crippen molar-refractivity contribution in [2.75, 3.05) is 32.6 Å². The maximum Gasteiger partial charge on any atom is 0.178 e. The fraction of sp³-hybridized carbons (Fsp3) is 0.538. The Morgan fingerprint density at radius 2 is 2.06 bits per heavy atom. The Hall–Kier alpha value is -0.910. The normalized spacial score (nSPS) is 11.7. The molecule has 0 radical (unpaired) electrons. The summed E-state index contributed by atoms with van der Waals surface area (Å²) in [6, 6.07) is 7.04. The number of methoxy groups -OCH3 is 1. The summed E-state index contributed by atoms with van der Waals surface area (Å²) in [5.41, 5.74) is 0.967. The molecule has 0 unspecified atom stereocenters. The number of ether oxygens (including phenoxy) is 1. The molecule has 1 aromatic carbocycles. The first kappa shape index (κ1) is 15.1. The summed E-state index contributed by atoms with van der Waals surface area (Å²) < 4.78 is 28.9. The predicted molar refractivity (Wildman–Crippen MR) is 72.6 cm³/mol. The van der Waals surface area contributed by atoms with E-state index in [-0.39, 0.29) is 5.75 Å². The zero-order chi connectivity index (χ0) is 13.4. The molecule has 0 spiro atoms. The summed E-state index contributed by atoms with van der Waals surface area (Å²) in [5.74, 6) is 0.177. The Morgan fingerprint density at radius 1 is 1.28 bits per heavy atom. The quantitative estimate of drug-likeness (QED) is 0.726. The molecule has 0 aliphatic rings. The topological polar surface area (TPSA) is 55.4 Å². The van der Waals surface area contributed by atoms with Crippen molar-refractivity contribution in [3.8, 4) is 0 Å². The first-order valence-corrected chi connectivity index (χ1v) is 7.70. The third-order valence-electron chi connectivity index (χ3n) is 2.60. The second-order valence-electron chi connectivity index (χ2n) is 4.23. The van der Waals surface area contributed by atoms with Crippen molar-refractivity contribution < 1.29 is 13.2 Å². The lowest BCUT2D eigenvalue weighted by Crippen LogP contribution is -2.22. The lowest BCUT2D eigenvalue weighted by Gasteiger charge is -2.06. The molecule has 0 saturated carbocycles. The lowest BCUT2D eigenvalue weighted by atomic mass is 10.2. The molecule has 0 fully saturated rings. The third kappa shape index (κ3) is 5.16.